The summed E-state index contributed by atoms with van der Waals surface area (Å²) >= 11 is 0. The largest absolute Gasteiger partial charge is 0.445 e. The lowest BCUT2D eigenvalue weighted by Gasteiger charge is -2.25. The lowest BCUT2D eigenvalue weighted by molar-refractivity contribution is -0.160. The second-order valence-corrected chi connectivity index (χ2v) is 12.6. The summed E-state index contributed by atoms with van der Waals surface area (Å²) in [6.45, 7) is 6.34. The van der Waals surface area contributed by atoms with Crippen LogP contribution in [0, 0.1) is 5.41 Å². The maximum atomic E-state index is 12.4. The Labute approximate surface area is 222 Å². The van der Waals surface area contributed by atoms with Crippen LogP contribution in [0.3, 0.4) is 0 Å². The van der Waals surface area contributed by atoms with Gasteiger partial charge in [0.15, 0.2) is 16.1 Å². The Bertz CT molecular complexity index is 1570. The van der Waals surface area contributed by atoms with Gasteiger partial charge in [-0.3, -0.25) is 10.1 Å². The first-order valence-electron chi connectivity index (χ1n) is 12.4. The molecule has 0 saturated carbocycles. The molecule has 3 heterocycles. The smallest absolute Gasteiger partial charge is 0.312 e. The van der Waals surface area contributed by atoms with Crippen LogP contribution in [0.5, 0.6) is 0 Å². The molecule has 10 heteroatoms. The first kappa shape index (κ1) is 25.9. The summed E-state index contributed by atoms with van der Waals surface area (Å²) in [7, 11) is -3.27. The molecule has 2 aromatic carbocycles. The van der Waals surface area contributed by atoms with Gasteiger partial charge in [-0.15, -0.1) is 0 Å². The highest BCUT2D eigenvalue weighted by atomic mass is 32.2. The Morgan fingerprint density at radius 3 is 2.45 bits per heavy atom. The minimum absolute atomic E-state index is 0.0836. The Hall–Kier alpha value is -3.76. The molecule has 0 radical (unpaired) electrons. The fraction of sp³-hybridized carbons (Fsp3) is 0.321. The van der Waals surface area contributed by atoms with Gasteiger partial charge in [0.25, 0.3) is 0 Å². The summed E-state index contributed by atoms with van der Waals surface area (Å²) in [5.74, 6) is 0.307. The average Bonchev–Trinajstić information content (AvgIpc) is 3.50. The minimum Gasteiger partial charge on any atom is -0.445 e. The number of benzene rings is 2. The number of nitrogens with zero attached hydrogens (tertiary/aromatic N) is 3. The molecule has 1 fully saturated rings. The molecule has 9 nitrogen and oxygen atoms in total. The van der Waals surface area contributed by atoms with Crippen LogP contribution >= 0.6 is 0 Å². The molecule has 0 bridgehead atoms. The predicted octanol–water partition coefficient (Wildman–Crippen LogP) is 4.56. The topological polar surface area (TPSA) is 115 Å². The highest BCUT2D eigenvalue weighted by Gasteiger charge is 2.34. The van der Waals surface area contributed by atoms with Crippen LogP contribution in [0.2, 0.25) is 0 Å². The van der Waals surface area contributed by atoms with Crippen LogP contribution < -0.4 is 10.6 Å². The Kier molecular flexibility index (Phi) is 6.70. The summed E-state index contributed by atoms with van der Waals surface area (Å²) in [5, 5.41) is 7.42. The van der Waals surface area contributed by atoms with Crippen LogP contribution in [0.4, 0.5) is 11.6 Å². The highest BCUT2D eigenvalue weighted by Crippen LogP contribution is 2.31. The van der Waals surface area contributed by atoms with Gasteiger partial charge in [0.1, 0.15) is 5.65 Å². The third kappa shape index (κ3) is 5.41. The van der Waals surface area contributed by atoms with Crippen LogP contribution in [0.25, 0.3) is 16.7 Å². The molecule has 0 amide bonds. The van der Waals surface area contributed by atoms with Crippen molar-refractivity contribution in [2.24, 2.45) is 5.41 Å². The predicted molar refractivity (Wildman–Crippen MR) is 146 cm³/mol. The Morgan fingerprint density at radius 1 is 1.08 bits per heavy atom. The third-order valence-corrected chi connectivity index (χ3v) is 7.71. The molecular weight excluding hydrogens is 502 g/mol. The highest BCUT2D eigenvalue weighted by molar-refractivity contribution is 7.90. The zero-order valence-corrected chi connectivity index (χ0v) is 22.6. The van der Waals surface area contributed by atoms with Gasteiger partial charge in [0.2, 0.25) is 5.95 Å². The molecule has 198 valence electrons. The van der Waals surface area contributed by atoms with Crippen LogP contribution in [0.1, 0.15) is 38.7 Å². The van der Waals surface area contributed by atoms with Crippen molar-refractivity contribution in [2.75, 3.05) is 18.1 Å². The molecule has 5 rings (SSSR count). The fourth-order valence-corrected chi connectivity index (χ4v) is 5.05. The minimum atomic E-state index is -3.27. The van der Waals surface area contributed by atoms with Crippen molar-refractivity contribution in [3.63, 3.8) is 0 Å². The molecule has 38 heavy (non-hydrogen) atoms. The number of esters is 1. The summed E-state index contributed by atoms with van der Waals surface area (Å²) in [6.07, 6.45) is 5.36. The lowest BCUT2D eigenvalue weighted by atomic mass is 9.95. The quantitative estimate of drug-likeness (QED) is 0.347. The maximum Gasteiger partial charge on any atom is 0.312 e. The van der Waals surface area contributed by atoms with Gasteiger partial charge in [-0.2, -0.15) is 4.98 Å². The summed E-state index contributed by atoms with van der Waals surface area (Å²) in [6, 6.07) is 16.6. The Morgan fingerprint density at radius 2 is 1.79 bits per heavy atom. The number of fused-ring (bicyclic) bond motifs is 1. The van der Waals surface area contributed by atoms with Crippen molar-refractivity contribution in [2.45, 2.75) is 44.2 Å². The third-order valence-electron chi connectivity index (χ3n) is 6.58. The van der Waals surface area contributed by atoms with E-state index >= 15 is 0 Å². The van der Waals surface area contributed by atoms with E-state index in [1.807, 2.05) is 61.9 Å². The van der Waals surface area contributed by atoms with E-state index in [0.717, 1.165) is 35.3 Å². The van der Waals surface area contributed by atoms with Gasteiger partial charge in [0.05, 0.1) is 10.3 Å². The first-order chi connectivity index (χ1) is 18.0. The van der Waals surface area contributed by atoms with Crippen LogP contribution in [-0.4, -0.2) is 48.0 Å². The molecule has 0 aliphatic carbocycles. The molecule has 2 unspecified atom stereocenters. The molecule has 2 N–H and O–H groups in total. The maximum absolute atomic E-state index is 12.4. The molecule has 4 aromatic rings. The number of carbonyl (C=O) groups is 1. The molecule has 0 spiro atoms. The fourth-order valence-electron chi connectivity index (χ4n) is 4.42. The van der Waals surface area contributed by atoms with Gasteiger partial charge in [-0.1, -0.05) is 12.1 Å². The monoisotopic (exact) mass is 533 g/mol. The van der Waals surface area contributed by atoms with Crippen LogP contribution in [0.15, 0.2) is 71.9 Å². The number of hydrogen-bond acceptors (Lipinski definition) is 8. The number of anilines is 2. The molecule has 1 aliphatic rings. The number of nitrogens with one attached hydrogen (secondary N) is 2. The van der Waals surface area contributed by atoms with Gasteiger partial charge in [-0.25, -0.2) is 13.4 Å². The molecular formula is C28H31N5O4S. The second kappa shape index (κ2) is 9.85. The lowest BCUT2D eigenvalue weighted by Crippen LogP contribution is -2.36. The first-order valence-corrected chi connectivity index (χ1v) is 14.3. The number of sulfone groups is 1. The van der Waals surface area contributed by atoms with Crippen molar-refractivity contribution in [1.29, 1.82) is 0 Å². The number of aromatic nitrogens is 3. The second-order valence-electron chi connectivity index (χ2n) is 10.6. The number of hydrogen-bond donors (Lipinski definition) is 2. The van der Waals surface area contributed by atoms with E-state index in [-0.39, 0.29) is 23.0 Å². The molecule has 1 saturated heterocycles. The van der Waals surface area contributed by atoms with E-state index in [1.54, 1.807) is 30.5 Å². The zero-order valence-electron chi connectivity index (χ0n) is 21.8. The van der Waals surface area contributed by atoms with Gasteiger partial charge >= 0.3 is 5.97 Å². The van der Waals surface area contributed by atoms with E-state index in [0.29, 0.717) is 11.6 Å². The Balaban J connectivity index is 1.33. The van der Waals surface area contributed by atoms with Crippen molar-refractivity contribution >= 4 is 38.5 Å². The van der Waals surface area contributed by atoms with E-state index in [2.05, 4.69) is 15.6 Å². The number of carbonyl (C=O) groups excluding carboxylic acids is 1. The van der Waals surface area contributed by atoms with E-state index in [9.17, 15) is 13.2 Å². The summed E-state index contributed by atoms with van der Waals surface area (Å²) < 4.78 is 31.2. The average molecular weight is 534 g/mol. The molecule has 2 atom stereocenters. The standard InChI is InChI=1S/C28H31N5O4S/c1-28(2,3)26(34)37-25-23(13-15-29-25)18-5-7-20(8-6-18)31-27-30-17-19-14-16-33(24(19)32-27)21-9-11-22(12-10-21)38(4,35)36/h5-12,14,16-17,23,25,29H,13,15H2,1-4H3,(H,30,31,32). The van der Waals surface area contributed by atoms with E-state index in [4.69, 9.17) is 9.72 Å². The van der Waals surface area contributed by atoms with Crippen LogP contribution in [-0.2, 0) is 19.4 Å². The normalized spacial score (nSPS) is 18.0. The molecule has 2 aromatic heterocycles. The SMILES string of the molecule is CC(C)(C)C(=O)OC1NCCC1c1ccc(Nc2ncc3ccn(-c4ccc(S(C)(=O)=O)cc4)c3n2)cc1. The van der Waals surface area contributed by atoms with Crippen molar-refractivity contribution in [1.82, 2.24) is 19.9 Å². The van der Waals surface area contributed by atoms with E-state index in [1.165, 1.54) is 6.26 Å². The van der Waals surface area contributed by atoms with Gasteiger partial charge in [-0.05, 0) is 81.8 Å². The van der Waals surface area contributed by atoms with Crippen molar-refractivity contribution in [3.05, 3.63) is 72.6 Å². The van der Waals surface area contributed by atoms with Crippen molar-refractivity contribution < 1.29 is 17.9 Å². The zero-order chi connectivity index (χ0) is 27.1. The van der Waals surface area contributed by atoms with Gasteiger partial charge in [0, 0.05) is 41.3 Å². The van der Waals surface area contributed by atoms with E-state index < -0.39 is 15.3 Å². The summed E-state index contributed by atoms with van der Waals surface area (Å²) in [5.41, 5.74) is 2.87. The molecule has 1 aliphatic heterocycles. The number of ether oxygens (including phenoxy) is 1. The summed E-state index contributed by atoms with van der Waals surface area (Å²) in [4.78, 5) is 21.8. The number of rotatable bonds is 6. The van der Waals surface area contributed by atoms with Crippen molar-refractivity contribution in [3.8, 4) is 5.69 Å². The van der Waals surface area contributed by atoms with Gasteiger partial charge < -0.3 is 14.6 Å².